The van der Waals surface area contributed by atoms with Crippen molar-refractivity contribution < 1.29 is 14.6 Å². The van der Waals surface area contributed by atoms with Crippen molar-refractivity contribution in [1.29, 1.82) is 0 Å². The minimum absolute atomic E-state index is 0.489. The van der Waals surface area contributed by atoms with E-state index >= 15 is 0 Å². The fourth-order valence-corrected chi connectivity index (χ4v) is 3.16. The van der Waals surface area contributed by atoms with Crippen LogP contribution in [0.15, 0.2) is 83.9 Å². The first-order valence-electron chi connectivity index (χ1n) is 9.42. The number of amidine groups is 1. The van der Waals surface area contributed by atoms with Crippen molar-refractivity contribution in [2.24, 2.45) is 4.99 Å². The van der Waals surface area contributed by atoms with Crippen LogP contribution in [-0.4, -0.2) is 29.4 Å². The Kier molecular flexibility index (Phi) is 5.55. The van der Waals surface area contributed by atoms with Gasteiger partial charge in [0.15, 0.2) is 5.84 Å². The molecule has 6 heteroatoms. The fraction of sp³-hybridized carbons (Fsp3) is 0.125. The van der Waals surface area contributed by atoms with Crippen LogP contribution in [0, 0.1) is 12.5 Å². The van der Waals surface area contributed by atoms with E-state index in [0.29, 0.717) is 12.4 Å². The van der Waals surface area contributed by atoms with Crippen molar-refractivity contribution in [3.05, 3.63) is 90.0 Å². The molecular weight excluding hydrogens is 378 g/mol. The molecule has 1 atom stereocenters. The van der Waals surface area contributed by atoms with Crippen molar-refractivity contribution in [3.8, 4) is 24.0 Å². The zero-order valence-electron chi connectivity index (χ0n) is 16.5. The van der Waals surface area contributed by atoms with Crippen molar-refractivity contribution in [2.45, 2.75) is 13.0 Å². The molecule has 3 aromatic carbocycles. The van der Waals surface area contributed by atoms with Crippen LogP contribution >= 0.6 is 0 Å². The normalized spacial score (nSPS) is 15.5. The fourth-order valence-electron chi connectivity index (χ4n) is 3.16. The van der Waals surface area contributed by atoms with Gasteiger partial charge in [-0.05, 0) is 54.1 Å². The Hall–Kier alpha value is -3.95. The largest absolute Gasteiger partial charge is 0.497 e. The lowest BCUT2D eigenvalue weighted by atomic mass is 10.1. The Morgan fingerprint density at radius 2 is 1.63 bits per heavy atom. The van der Waals surface area contributed by atoms with Gasteiger partial charge in [-0.1, -0.05) is 36.8 Å². The zero-order valence-corrected chi connectivity index (χ0v) is 16.5. The second-order valence-electron chi connectivity index (χ2n) is 6.58. The summed E-state index contributed by atoms with van der Waals surface area (Å²) in [7, 11) is 1.61. The predicted octanol–water partition coefficient (Wildman–Crippen LogP) is 3.62. The van der Waals surface area contributed by atoms with Crippen LogP contribution < -0.4 is 14.5 Å². The summed E-state index contributed by atoms with van der Waals surface area (Å²) in [5.74, 6) is 2.01. The van der Waals surface area contributed by atoms with E-state index in [1.54, 1.807) is 12.1 Å². The number of methoxy groups -OCH3 is 1. The number of aliphatic hydroxyl groups is 1. The maximum absolute atomic E-state index is 10.3. The maximum Gasteiger partial charge on any atom is 0.253 e. The van der Waals surface area contributed by atoms with Crippen LogP contribution in [0.5, 0.6) is 11.5 Å². The molecule has 1 heterocycles. The number of ether oxygens (including phenoxy) is 2. The minimum atomic E-state index is -1.17. The van der Waals surface area contributed by atoms with Gasteiger partial charge in [0, 0.05) is 11.6 Å². The number of aliphatic hydroxyl groups excluding tert-OH is 1. The summed E-state index contributed by atoms with van der Waals surface area (Å²) in [4.78, 5) is 4.34. The molecule has 0 fully saturated rings. The van der Waals surface area contributed by atoms with Crippen LogP contribution in [0.2, 0.25) is 0 Å². The summed E-state index contributed by atoms with van der Waals surface area (Å²) in [6.07, 6.45) is 4.46. The number of hydrogen-bond donors (Lipinski definition) is 1. The lowest BCUT2D eigenvalue weighted by molar-refractivity contribution is 0.0701. The summed E-state index contributed by atoms with van der Waals surface area (Å²) < 4.78 is 11.1. The third-order valence-corrected chi connectivity index (χ3v) is 4.68. The number of benzene rings is 3. The van der Waals surface area contributed by atoms with Gasteiger partial charge in [-0.3, -0.25) is 0 Å². The molecule has 1 aliphatic rings. The minimum Gasteiger partial charge on any atom is -0.497 e. The summed E-state index contributed by atoms with van der Waals surface area (Å²) in [5, 5.41) is 13.4. The highest BCUT2D eigenvalue weighted by atomic mass is 16.5. The van der Waals surface area contributed by atoms with Gasteiger partial charge in [0.2, 0.25) is 0 Å². The Morgan fingerprint density at radius 3 is 2.27 bits per heavy atom. The molecule has 6 nitrogen and oxygen atoms in total. The van der Waals surface area contributed by atoms with Gasteiger partial charge in [-0.15, -0.1) is 0 Å². The quantitative estimate of drug-likeness (QED) is 0.642. The van der Waals surface area contributed by atoms with Crippen LogP contribution in [0.1, 0.15) is 11.1 Å². The van der Waals surface area contributed by atoms with Crippen LogP contribution in [0.4, 0.5) is 5.69 Å². The molecule has 0 spiro atoms. The molecular formula is C24H21N3O3. The van der Waals surface area contributed by atoms with Gasteiger partial charge >= 0.3 is 0 Å². The van der Waals surface area contributed by atoms with Crippen LogP contribution in [0.3, 0.4) is 0 Å². The molecule has 30 heavy (non-hydrogen) atoms. The number of aliphatic imine (C=N–C) groups is 1. The average molecular weight is 399 g/mol. The van der Waals surface area contributed by atoms with E-state index in [9.17, 15) is 5.11 Å². The van der Waals surface area contributed by atoms with Crippen molar-refractivity contribution in [2.75, 3.05) is 12.1 Å². The van der Waals surface area contributed by atoms with Gasteiger partial charge in [-0.2, -0.15) is 5.01 Å². The van der Waals surface area contributed by atoms with E-state index in [-0.39, 0.29) is 0 Å². The SMILES string of the molecule is C#CN1C(O)N=C(c2ccc(OCc3ccccc3)cc2)N1c1ccc(OC)cc1. The highest BCUT2D eigenvalue weighted by molar-refractivity contribution is 6.10. The molecule has 0 saturated heterocycles. The molecule has 0 bridgehead atoms. The molecule has 0 aliphatic carbocycles. The smallest absolute Gasteiger partial charge is 0.253 e. The second-order valence-corrected chi connectivity index (χ2v) is 6.58. The van der Waals surface area contributed by atoms with Crippen LogP contribution in [-0.2, 0) is 6.61 Å². The van der Waals surface area contributed by atoms with E-state index < -0.39 is 6.35 Å². The third kappa shape index (κ3) is 3.93. The Balaban J connectivity index is 1.56. The predicted molar refractivity (Wildman–Crippen MR) is 116 cm³/mol. The molecule has 0 amide bonds. The lowest BCUT2D eigenvalue weighted by Gasteiger charge is -2.28. The Morgan fingerprint density at radius 1 is 0.967 bits per heavy atom. The van der Waals surface area contributed by atoms with Crippen molar-refractivity contribution >= 4 is 11.5 Å². The van der Waals surface area contributed by atoms with Crippen LogP contribution in [0.25, 0.3) is 0 Å². The van der Waals surface area contributed by atoms with E-state index in [1.807, 2.05) is 78.9 Å². The average Bonchev–Trinajstić information content (AvgIpc) is 3.15. The number of anilines is 1. The molecule has 0 aromatic heterocycles. The summed E-state index contributed by atoms with van der Waals surface area (Å²) in [6.45, 7) is 0.489. The van der Waals surface area contributed by atoms with Crippen molar-refractivity contribution in [1.82, 2.24) is 5.01 Å². The highest BCUT2D eigenvalue weighted by Crippen LogP contribution is 2.28. The van der Waals surface area contributed by atoms with Gasteiger partial charge in [0.05, 0.1) is 12.8 Å². The molecule has 3 aromatic rings. The van der Waals surface area contributed by atoms with E-state index in [2.05, 4.69) is 11.0 Å². The number of hydrogen-bond acceptors (Lipinski definition) is 6. The number of nitrogens with zero attached hydrogens (tertiary/aromatic N) is 3. The molecule has 0 radical (unpaired) electrons. The van der Waals surface area contributed by atoms with Gasteiger partial charge in [0.25, 0.3) is 6.35 Å². The van der Waals surface area contributed by atoms with E-state index in [1.165, 1.54) is 5.01 Å². The summed E-state index contributed by atoms with van der Waals surface area (Å²) in [5.41, 5.74) is 2.66. The first-order valence-corrected chi connectivity index (χ1v) is 9.42. The maximum atomic E-state index is 10.3. The topological polar surface area (TPSA) is 57.5 Å². The van der Waals surface area contributed by atoms with Crippen molar-refractivity contribution in [3.63, 3.8) is 0 Å². The summed E-state index contributed by atoms with van der Waals surface area (Å²) in [6, 6.07) is 27.3. The van der Waals surface area contributed by atoms with E-state index in [4.69, 9.17) is 15.9 Å². The molecule has 1 aliphatic heterocycles. The molecule has 1 N–H and O–H groups in total. The molecule has 4 rings (SSSR count). The third-order valence-electron chi connectivity index (χ3n) is 4.68. The van der Waals surface area contributed by atoms with E-state index in [0.717, 1.165) is 28.3 Å². The van der Waals surface area contributed by atoms with Gasteiger partial charge in [0.1, 0.15) is 18.1 Å². The monoisotopic (exact) mass is 399 g/mol. The molecule has 1 unspecified atom stereocenters. The first kappa shape index (κ1) is 19.4. The molecule has 0 saturated carbocycles. The second kappa shape index (κ2) is 8.60. The highest BCUT2D eigenvalue weighted by Gasteiger charge is 2.33. The number of rotatable bonds is 6. The number of hydrazine groups is 1. The first-order chi connectivity index (χ1) is 14.7. The number of terminal acetylenes is 1. The van der Waals surface area contributed by atoms with Gasteiger partial charge < -0.3 is 14.6 Å². The summed E-state index contributed by atoms with van der Waals surface area (Å²) >= 11 is 0. The molecule has 150 valence electrons. The van der Waals surface area contributed by atoms with Gasteiger partial charge in [-0.25, -0.2) is 10.0 Å². The Bertz CT molecular complexity index is 1060. The Labute approximate surface area is 175 Å². The lowest BCUT2D eigenvalue weighted by Crippen LogP contribution is -2.42. The standard InChI is InChI=1S/C24H21N3O3/c1-3-26-24(28)25-23(27(26)20-11-15-21(29-2)16-12-20)19-9-13-22(14-10-19)30-17-18-7-5-4-6-8-18/h1,4-16,24,28H,17H2,2H3. The zero-order chi connectivity index (χ0) is 20.9.